The van der Waals surface area contributed by atoms with E-state index >= 15 is 0 Å². The van der Waals surface area contributed by atoms with E-state index in [0.717, 1.165) is 5.39 Å². The Kier molecular flexibility index (Phi) is 3.41. The summed E-state index contributed by atoms with van der Waals surface area (Å²) in [7, 11) is -4.06. The largest absolute Gasteiger partial charge is 0.276 e. The molecule has 0 spiro atoms. The van der Waals surface area contributed by atoms with Crippen LogP contribution in [0.25, 0.3) is 10.8 Å². The van der Waals surface area contributed by atoms with Crippen LogP contribution >= 0.6 is 0 Å². The third-order valence-corrected chi connectivity index (χ3v) is 5.35. The molecule has 3 aromatic carbocycles. The summed E-state index contributed by atoms with van der Waals surface area (Å²) in [6, 6.07) is 17.7. The number of hydrazine groups is 1. The second kappa shape index (κ2) is 5.51. The van der Waals surface area contributed by atoms with Crippen LogP contribution in [0.3, 0.4) is 0 Å². The van der Waals surface area contributed by atoms with E-state index < -0.39 is 21.8 Å². The van der Waals surface area contributed by atoms with Crippen molar-refractivity contribution in [1.29, 1.82) is 0 Å². The van der Waals surface area contributed by atoms with Crippen LogP contribution in [0, 0.1) is 0 Å². The van der Waals surface area contributed by atoms with Gasteiger partial charge in [-0.15, -0.1) is 4.83 Å². The van der Waals surface area contributed by atoms with Gasteiger partial charge in [0.1, 0.15) is 0 Å². The second-order valence-electron chi connectivity index (χ2n) is 5.56. The van der Waals surface area contributed by atoms with Gasteiger partial charge >= 0.3 is 0 Å². The molecule has 25 heavy (non-hydrogen) atoms. The van der Waals surface area contributed by atoms with Crippen LogP contribution in [-0.4, -0.2) is 25.2 Å². The lowest BCUT2D eigenvalue weighted by Crippen LogP contribution is -2.51. The van der Waals surface area contributed by atoms with Crippen molar-refractivity contribution in [2.75, 3.05) is 0 Å². The number of rotatable bonds is 3. The number of benzene rings is 3. The molecule has 0 unspecified atom stereocenters. The fraction of sp³-hybridized carbons (Fsp3) is 0. The van der Waals surface area contributed by atoms with Gasteiger partial charge in [0.25, 0.3) is 21.8 Å². The number of nitrogens with one attached hydrogen (secondary N) is 1. The molecule has 0 radical (unpaired) electrons. The molecule has 0 aliphatic carbocycles. The lowest BCUT2D eigenvalue weighted by atomic mass is 9.95. The van der Waals surface area contributed by atoms with Crippen molar-refractivity contribution in [3.63, 3.8) is 0 Å². The Morgan fingerprint density at radius 2 is 1.28 bits per heavy atom. The molecule has 1 aliphatic rings. The zero-order valence-corrected chi connectivity index (χ0v) is 13.7. The molecule has 0 fully saturated rings. The molecule has 6 nitrogen and oxygen atoms in total. The Balaban J connectivity index is 1.81. The van der Waals surface area contributed by atoms with Crippen molar-refractivity contribution in [2.24, 2.45) is 0 Å². The number of carbonyl (C=O) groups excluding carboxylic acids is 2. The van der Waals surface area contributed by atoms with E-state index in [2.05, 4.69) is 4.83 Å². The van der Waals surface area contributed by atoms with Gasteiger partial charge in [-0.3, -0.25) is 9.59 Å². The summed E-state index contributed by atoms with van der Waals surface area (Å²) in [5.74, 6) is -1.40. The van der Waals surface area contributed by atoms with E-state index in [1.807, 2.05) is 0 Å². The van der Waals surface area contributed by atoms with Gasteiger partial charge in [0.05, 0.1) is 16.0 Å². The molecule has 1 N–H and O–H groups in total. The average Bonchev–Trinajstić information content (AvgIpc) is 2.64. The minimum Gasteiger partial charge on any atom is -0.267 e. The monoisotopic (exact) mass is 352 g/mol. The normalized spacial score (nSPS) is 14.2. The van der Waals surface area contributed by atoms with E-state index in [9.17, 15) is 18.0 Å². The van der Waals surface area contributed by atoms with Gasteiger partial charge in [0.15, 0.2) is 0 Å². The van der Waals surface area contributed by atoms with Crippen molar-refractivity contribution in [1.82, 2.24) is 9.84 Å². The minimum atomic E-state index is -4.06. The van der Waals surface area contributed by atoms with Crippen molar-refractivity contribution in [2.45, 2.75) is 4.90 Å². The fourth-order valence-corrected chi connectivity index (χ4v) is 3.91. The predicted octanol–water partition coefficient (Wildman–Crippen LogP) is 2.33. The molecular formula is C18H12N2O4S. The van der Waals surface area contributed by atoms with E-state index in [4.69, 9.17) is 0 Å². The average molecular weight is 352 g/mol. The lowest BCUT2D eigenvalue weighted by Gasteiger charge is -2.27. The Bertz CT molecular complexity index is 1070. The number of carbonyl (C=O) groups is 2. The van der Waals surface area contributed by atoms with Crippen LogP contribution in [0.5, 0.6) is 0 Å². The van der Waals surface area contributed by atoms with E-state index in [1.165, 1.54) is 12.1 Å². The van der Waals surface area contributed by atoms with Crippen molar-refractivity contribution >= 4 is 32.6 Å². The highest BCUT2D eigenvalue weighted by atomic mass is 32.2. The maximum Gasteiger partial charge on any atom is 0.276 e. The summed E-state index contributed by atoms with van der Waals surface area (Å²) < 4.78 is 25.0. The molecule has 1 heterocycles. The molecule has 2 amide bonds. The van der Waals surface area contributed by atoms with Crippen LogP contribution in [0.4, 0.5) is 0 Å². The maximum atomic E-state index is 12.7. The highest BCUT2D eigenvalue weighted by Crippen LogP contribution is 2.29. The molecule has 124 valence electrons. The highest BCUT2D eigenvalue weighted by molar-refractivity contribution is 7.89. The van der Waals surface area contributed by atoms with Crippen molar-refractivity contribution in [3.8, 4) is 0 Å². The molecule has 0 aromatic heterocycles. The first-order valence-electron chi connectivity index (χ1n) is 7.47. The van der Waals surface area contributed by atoms with Crippen molar-refractivity contribution < 1.29 is 18.0 Å². The van der Waals surface area contributed by atoms with Crippen LogP contribution in [0.15, 0.2) is 71.6 Å². The summed E-state index contributed by atoms with van der Waals surface area (Å²) >= 11 is 0. The van der Waals surface area contributed by atoms with Gasteiger partial charge in [-0.2, -0.15) is 5.01 Å². The quantitative estimate of drug-likeness (QED) is 0.733. The Morgan fingerprint density at radius 1 is 0.720 bits per heavy atom. The third kappa shape index (κ3) is 2.41. The molecule has 3 aromatic rings. The predicted molar refractivity (Wildman–Crippen MR) is 91.2 cm³/mol. The van der Waals surface area contributed by atoms with Gasteiger partial charge in [-0.25, -0.2) is 8.42 Å². The summed E-state index contributed by atoms with van der Waals surface area (Å²) in [6.07, 6.45) is 0. The standard InChI is InChI=1S/C18H12N2O4S/c21-17-14-10-4-6-12-7-5-11-15(16(12)14)18(22)20(17)19-25(23,24)13-8-2-1-3-9-13/h1-11,19H. The van der Waals surface area contributed by atoms with Gasteiger partial charge in [-0.1, -0.05) is 42.5 Å². The summed E-state index contributed by atoms with van der Waals surface area (Å²) in [4.78, 5) is 27.5. The second-order valence-corrected chi connectivity index (χ2v) is 7.22. The number of nitrogens with zero attached hydrogens (tertiary/aromatic N) is 1. The van der Waals surface area contributed by atoms with E-state index in [0.29, 0.717) is 10.4 Å². The molecule has 0 bridgehead atoms. The Morgan fingerprint density at radius 3 is 1.84 bits per heavy atom. The van der Waals surface area contributed by atoms with Crippen LogP contribution in [-0.2, 0) is 10.0 Å². The Hall–Kier alpha value is -3.03. The van der Waals surface area contributed by atoms with E-state index in [-0.39, 0.29) is 16.0 Å². The number of imide groups is 1. The zero-order chi connectivity index (χ0) is 17.6. The smallest absolute Gasteiger partial charge is 0.267 e. The number of hydrogen-bond acceptors (Lipinski definition) is 4. The first-order valence-corrected chi connectivity index (χ1v) is 8.95. The summed E-state index contributed by atoms with van der Waals surface area (Å²) in [6.45, 7) is 0. The maximum absolute atomic E-state index is 12.7. The van der Waals surface area contributed by atoms with Crippen molar-refractivity contribution in [3.05, 3.63) is 77.9 Å². The highest BCUT2D eigenvalue weighted by Gasteiger charge is 2.35. The van der Waals surface area contributed by atoms with Gasteiger partial charge in [-0.05, 0) is 29.7 Å². The molecule has 1 aliphatic heterocycles. The topological polar surface area (TPSA) is 83.6 Å². The molecule has 7 heteroatoms. The molecule has 0 saturated carbocycles. The van der Waals surface area contributed by atoms with Crippen LogP contribution in [0.1, 0.15) is 20.7 Å². The summed E-state index contributed by atoms with van der Waals surface area (Å²) in [5.41, 5.74) is 0.562. The van der Waals surface area contributed by atoms with Gasteiger partial charge in [0, 0.05) is 5.39 Å². The zero-order valence-electron chi connectivity index (χ0n) is 12.8. The minimum absolute atomic E-state index is 0.0346. The SMILES string of the molecule is O=C1c2cccc3cccc(c23)C(=O)N1NS(=O)(=O)c1ccccc1. The first-order chi connectivity index (χ1) is 12.0. The molecule has 0 atom stereocenters. The number of sulfonamides is 1. The fourth-order valence-electron chi connectivity index (χ4n) is 2.89. The molecule has 0 saturated heterocycles. The number of amides is 2. The van der Waals surface area contributed by atoms with Crippen LogP contribution < -0.4 is 4.83 Å². The summed E-state index contributed by atoms with van der Waals surface area (Å²) in [5, 5.41) is 1.84. The van der Waals surface area contributed by atoms with Gasteiger partial charge in [0.2, 0.25) is 0 Å². The van der Waals surface area contributed by atoms with E-state index in [1.54, 1.807) is 54.6 Å². The third-order valence-electron chi connectivity index (χ3n) is 4.04. The number of hydrogen-bond donors (Lipinski definition) is 1. The Labute approximate surface area is 143 Å². The van der Waals surface area contributed by atoms with Gasteiger partial charge < -0.3 is 0 Å². The lowest BCUT2D eigenvalue weighted by molar-refractivity contribution is 0.0573. The van der Waals surface area contributed by atoms with Crippen LogP contribution in [0.2, 0.25) is 0 Å². The first kappa shape index (κ1) is 15.5. The molecular weight excluding hydrogens is 340 g/mol. The molecule has 4 rings (SSSR count).